The number of carbonyl (C=O) groups is 1. The lowest BCUT2D eigenvalue weighted by Gasteiger charge is -2.16. The lowest BCUT2D eigenvalue weighted by atomic mass is 9.97. The summed E-state index contributed by atoms with van der Waals surface area (Å²) in [6, 6.07) is 3.34. The molecule has 3 N–H and O–H groups in total. The first kappa shape index (κ1) is 11.7. The van der Waals surface area contributed by atoms with Gasteiger partial charge in [-0.15, -0.1) is 11.3 Å². The molecule has 1 aromatic heterocycles. The molecule has 0 radical (unpaired) electrons. The first-order valence-electron chi connectivity index (χ1n) is 4.30. The van der Waals surface area contributed by atoms with Gasteiger partial charge in [-0.3, -0.25) is 4.79 Å². The summed E-state index contributed by atoms with van der Waals surface area (Å²) in [6.45, 7) is 1.83. The fraction of sp³-hybridized carbons (Fsp3) is 0.444. The summed E-state index contributed by atoms with van der Waals surface area (Å²) in [6.07, 6.45) is 0.548. The summed E-state index contributed by atoms with van der Waals surface area (Å²) < 4.78 is 0.975. The second kappa shape index (κ2) is 4.91. The Morgan fingerprint density at radius 3 is 2.71 bits per heavy atom. The highest BCUT2D eigenvalue weighted by atomic mass is 79.9. The van der Waals surface area contributed by atoms with Crippen molar-refractivity contribution in [3.05, 3.63) is 20.8 Å². The number of thiophene rings is 1. The second-order valence-electron chi connectivity index (χ2n) is 3.02. The molecule has 0 spiro atoms. The van der Waals surface area contributed by atoms with E-state index in [2.05, 4.69) is 15.9 Å². The van der Waals surface area contributed by atoms with Crippen LogP contribution in [0.25, 0.3) is 0 Å². The molecule has 0 aliphatic heterocycles. The van der Waals surface area contributed by atoms with Gasteiger partial charge in [0.1, 0.15) is 0 Å². The van der Waals surface area contributed by atoms with Crippen molar-refractivity contribution in [3.63, 3.8) is 0 Å². The van der Waals surface area contributed by atoms with Crippen LogP contribution in [-0.4, -0.2) is 11.1 Å². The Bertz CT molecular complexity index is 326. The maximum Gasteiger partial charge on any atom is 0.308 e. The third-order valence-electron chi connectivity index (χ3n) is 2.11. The van der Waals surface area contributed by atoms with Crippen molar-refractivity contribution >= 4 is 33.2 Å². The minimum absolute atomic E-state index is 0.409. The molecule has 0 saturated carbocycles. The van der Waals surface area contributed by atoms with Gasteiger partial charge in [0.15, 0.2) is 0 Å². The largest absolute Gasteiger partial charge is 0.481 e. The molecule has 2 unspecified atom stereocenters. The first-order valence-corrected chi connectivity index (χ1v) is 5.90. The molecule has 0 aliphatic rings. The Balaban J connectivity index is 2.82. The molecule has 0 fully saturated rings. The van der Waals surface area contributed by atoms with Crippen molar-refractivity contribution in [2.75, 3.05) is 0 Å². The number of hydrogen-bond donors (Lipinski definition) is 2. The van der Waals surface area contributed by atoms with Gasteiger partial charge in [0.2, 0.25) is 0 Å². The quantitative estimate of drug-likeness (QED) is 0.889. The Labute approximate surface area is 95.1 Å². The fourth-order valence-electron chi connectivity index (χ4n) is 1.29. The lowest BCUT2D eigenvalue weighted by molar-refractivity contribution is -0.142. The van der Waals surface area contributed by atoms with E-state index in [4.69, 9.17) is 10.8 Å². The van der Waals surface area contributed by atoms with Gasteiger partial charge >= 0.3 is 5.97 Å². The molecule has 1 heterocycles. The molecule has 5 heteroatoms. The zero-order chi connectivity index (χ0) is 10.7. The molecular weight excluding hydrogens is 266 g/mol. The Kier molecular flexibility index (Phi) is 4.10. The minimum Gasteiger partial charge on any atom is -0.481 e. The van der Waals surface area contributed by atoms with Gasteiger partial charge in [-0.05, 0) is 34.5 Å². The lowest BCUT2D eigenvalue weighted by Crippen LogP contribution is -2.26. The molecule has 3 nitrogen and oxygen atoms in total. The predicted octanol–water partition coefficient (Wildman–Crippen LogP) is 2.62. The maximum atomic E-state index is 10.9. The molecule has 0 aromatic carbocycles. The minimum atomic E-state index is -0.829. The van der Waals surface area contributed by atoms with E-state index in [1.165, 1.54) is 11.3 Å². The number of halogens is 1. The third kappa shape index (κ3) is 2.56. The normalized spacial score (nSPS) is 15.1. The smallest absolute Gasteiger partial charge is 0.308 e. The number of rotatable bonds is 4. The van der Waals surface area contributed by atoms with Crippen LogP contribution in [0.5, 0.6) is 0 Å². The zero-order valence-corrected chi connectivity index (χ0v) is 10.1. The summed E-state index contributed by atoms with van der Waals surface area (Å²) in [5.41, 5.74) is 5.87. The third-order valence-corrected chi connectivity index (χ3v) is 3.84. The van der Waals surface area contributed by atoms with Crippen LogP contribution in [0.2, 0.25) is 0 Å². The number of carboxylic acid groups (broad SMARTS) is 1. The highest BCUT2D eigenvalue weighted by Gasteiger charge is 2.25. The van der Waals surface area contributed by atoms with Crippen LogP contribution in [0.4, 0.5) is 0 Å². The van der Waals surface area contributed by atoms with Crippen LogP contribution in [0.3, 0.4) is 0 Å². The summed E-state index contributed by atoms with van der Waals surface area (Å²) in [5.74, 6) is -1.33. The first-order chi connectivity index (χ1) is 6.56. The van der Waals surface area contributed by atoms with Crippen molar-refractivity contribution in [2.45, 2.75) is 19.4 Å². The van der Waals surface area contributed by atoms with E-state index in [-0.39, 0.29) is 0 Å². The Hall–Kier alpha value is -0.390. The van der Waals surface area contributed by atoms with Gasteiger partial charge in [0, 0.05) is 4.88 Å². The summed E-state index contributed by atoms with van der Waals surface area (Å²) >= 11 is 4.81. The molecule has 78 valence electrons. The average molecular weight is 278 g/mol. The van der Waals surface area contributed by atoms with E-state index in [1.807, 2.05) is 19.1 Å². The Morgan fingerprint density at radius 1 is 1.71 bits per heavy atom. The molecule has 0 amide bonds. The molecule has 1 aromatic rings. The monoisotopic (exact) mass is 277 g/mol. The molecule has 0 saturated heterocycles. The van der Waals surface area contributed by atoms with Gasteiger partial charge in [-0.1, -0.05) is 6.92 Å². The zero-order valence-electron chi connectivity index (χ0n) is 7.74. The number of nitrogens with two attached hydrogens (primary N) is 1. The van der Waals surface area contributed by atoms with Gasteiger partial charge in [0.25, 0.3) is 0 Å². The summed E-state index contributed by atoms with van der Waals surface area (Å²) in [7, 11) is 0. The number of aliphatic carboxylic acids is 1. The highest BCUT2D eigenvalue weighted by molar-refractivity contribution is 9.11. The fourth-order valence-corrected chi connectivity index (χ4v) is 2.78. The number of carboxylic acids is 1. The molecule has 14 heavy (non-hydrogen) atoms. The van der Waals surface area contributed by atoms with E-state index < -0.39 is 17.9 Å². The second-order valence-corrected chi connectivity index (χ2v) is 5.52. The van der Waals surface area contributed by atoms with Gasteiger partial charge in [0.05, 0.1) is 15.7 Å². The van der Waals surface area contributed by atoms with Gasteiger partial charge < -0.3 is 10.8 Å². The average Bonchev–Trinajstić information content (AvgIpc) is 2.52. The van der Waals surface area contributed by atoms with Crippen LogP contribution in [0.1, 0.15) is 24.3 Å². The van der Waals surface area contributed by atoms with Crippen molar-refractivity contribution < 1.29 is 9.90 Å². The van der Waals surface area contributed by atoms with Crippen LogP contribution in [0, 0.1) is 5.92 Å². The molecule has 2 atom stereocenters. The highest BCUT2D eigenvalue weighted by Crippen LogP contribution is 2.31. The van der Waals surface area contributed by atoms with Gasteiger partial charge in [-0.25, -0.2) is 0 Å². The van der Waals surface area contributed by atoms with E-state index in [0.717, 1.165) is 8.66 Å². The standard InChI is InChI=1S/C9H12BrNO2S/c1-2-5(9(12)13)8(11)6-3-4-7(10)14-6/h3-5,8H,2,11H2,1H3,(H,12,13). The SMILES string of the molecule is CCC(C(=O)O)C(N)c1ccc(Br)s1. The van der Waals surface area contributed by atoms with Crippen molar-refractivity contribution in [1.29, 1.82) is 0 Å². The molecular formula is C9H12BrNO2S. The maximum absolute atomic E-state index is 10.9. The van der Waals surface area contributed by atoms with Crippen molar-refractivity contribution in [3.8, 4) is 0 Å². The van der Waals surface area contributed by atoms with Gasteiger partial charge in [-0.2, -0.15) is 0 Å². The molecule has 0 bridgehead atoms. The van der Waals surface area contributed by atoms with Crippen molar-refractivity contribution in [2.24, 2.45) is 11.7 Å². The van der Waals surface area contributed by atoms with Crippen LogP contribution in [-0.2, 0) is 4.79 Å². The van der Waals surface area contributed by atoms with Crippen LogP contribution < -0.4 is 5.73 Å². The summed E-state index contributed by atoms with van der Waals surface area (Å²) in [4.78, 5) is 11.8. The van der Waals surface area contributed by atoms with E-state index in [9.17, 15) is 4.79 Å². The summed E-state index contributed by atoms with van der Waals surface area (Å²) in [5, 5.41) is 8.92. The number of hydrogen-bond acceptors (Lipinski definition) is 3. The topological polar surface area (TPSA) is 63.3 Å². The Morgan fingerprint density at radius 2 is 2.36 bits per heavy atom. The molecule has 0 aliphatic carbocycles. The van der Waals surface area contributed by atoms with Crippen LogP contribution >= 0.6 is 27.3 Å². The van der Waals surface area contributed by atoms with Crippen molar-refractivity contribution in [1.82, 2.24) is 0 Å². The van der Waals surface area contributed by atoms with E-state index in [1.54, 1.807) is 0 Å². The molecule has 1 rings (SSSR count). The van der Waals surface area contributed by atoms with Crippen LogP contribution in [0.15, 0.2) is 15.9 Å². The van der Waals surface area contributed by atoms with E-state index in [0.29, 0.717) is 6.42 Å². The van der Waals surface area contributed by atoms with E-state index >= 15 is 0 Å². The predicted molar refractivity (Wildman–Crippen MR) is 60.4 cm³/mol.